The number of rotatable bonds is 11. The number of Topliss-reactive ketones (excluding diaryl/α,β-unsaturated/α-hetero) is 2. The highest BCUT2D eigenvalue weighted by molar-refractivity contribution is 6.06. The Balaban J connectivity index is 1.86. The molecule has 0 aromatic heterocycles. The second-order valence-corrected chi connectivity index (χ2v) is 7.30. The maximum atomic E-state index is 12.4. The van der Waals surface area contributed by atoms with Crippen molar-refractivity contribution in [3.63, 3.8) is 0 Å². The molecule has 0 bridgehead atoms. The van der Waals surface area contributed by atoms with Gasteiger partial charge in [-0.25, -0.2) is 0 Å². The van der Waals surface area contributed by atoms with Gasteiger partial charge in [0.05, 0.1) is 12.3 Å². The van der Waals surface area contributed by atoms with Crippen molar-refractivity contribution in [2.24, 2.45) is 5.92 Å². The molecule has 0 aliphatic heterocycles. The molecule has 0 radical (unpaired) electrons. The Morgan fingerprint density at radius 1 is 0.867 bits per heavy atom. The minimum atomic E-state index is -0.644. The largest absolute Gasteiger partial charge is 0.326 e. The summed E-state index contributed by atoms with van der Waals surface area (Å²) in [7, 11) is 0. The summed E-state index contributed by atoms with van der Waals surface area (Å²) in [5.74, 6) is -1.64. The fraction of sp³-hybridized carbons (Fsp3) is 0.333. The molecule has 1 unspecified atom stereocenters. The third kappa shape index (κ3) is 7.62. The van der Waals surface area contributed by atoms with Crippen LogP contribution >= 0.6 is 0 Å². The molecule has 0 saturated carbocycles. The van der Waals surface area contributed by atoms with Crippen LogP contribution in [0.4, 0.5) is 11.4 Å². The van der Waals surface area contributed by atoms with Crippen molar-refractivity contribution in [2.45, 2.75) is 46.0 Å². The highest BCUT2D eigenvalue weighted by Crippen LogP contribution is 2.16. The summed E-state index contributed by atoms with van der Waals surface area (Å²) in [6.07, 6.45) is 2.20. The number of carbonyl (C=O) groups is 4. The number of carbonyl (C=O) groups excluding carboxylic acids is 4. The predicted octanol–water partition coefficient (Wildman–Crippen LogP) is 4.16. The lowest BCUT2D eigenvalue weighted by Crippen LogP contribution is -2.28. The van der Waals surface area contributed by atoms with Crippen molar-refractivity contribution in [1.82, 2.24) is 0 Å². The average molecular weight is 408 g/mol. The zero-order valence-electron chi connectivity index (χ0n) is 17.4. The maximum absolute atomic E-state index is 12.4. The van der Waals surface area contributed by atoms with Crippen LogP contribution in [0.25, 0.3) is 0 Å². The first-order valence-corrected chi connectivity index (χ1v) is 10.2. The van der Waals surface area contributed by atoms with E-state index in [0.29, 0.717) is 17.8 Å². The Bertz CT molecular complexity index is 876. The second-order valence-electron chi connectivity index (χ2n) is 7.30. The third-order valence-electron chi connectivity index (χ3n) is 4.69. The Hall–Kier alpha value is -3.28. The van der Waals surface area contributed by atoms with E-state index in [9.17, 15) is 19.2 Å². The number of ketones is 2. The summed E-state index contributed by atoms with van der Waals surface area (Å²) in [6, 6.07) is 15.8. The topological polar surface area (TPSA) is 92.3 Å². The van der Waals surface area contributed by atoms with Crippen LogP contribution in [-0.2, 0) is 25.6 Å². The van der Waals surface area contributed by atoms with Crippen LogP contribution in [0, 0.1) is 5.92 Å². The maximum Gasteiger partial charge on any atom is 0.234 e. The van der Waals surface area contributed by atoms with Crippen LogP contribution in [0.15, 0.2) is 54.6 Å². The summed E-state index contributed by atoms with van der Waals surface area (Å²) >= 11 is 0. The number of anilines is 2. The molecule has 158 valence electrons. The number of benzene rings is 2. The van der Waals surface area contributed by atoms with Gasteiger partial charge < -0.3 is 10.6 Å². The van der Waals surface area contributed by atoms with E-state index in [0.717, 1.165) is 18.4 Å². The van der Waals surface area contributed by atoms with Crippen molar-refractivity contribution in [2.75, 3.05) is 10.6 Å². The lowest BCUT2D eigenvalue weighted by molar-refractivity contribution is -0.130. The molecule has 0 spiro atoms. The van der Waals surface area contributed by atoms with Gasteiger partial charge in [0.15, 0.2) is 0 Å². The van der Waals surface area contributed by atoms with E-state index in [1.807, 2.05) is 13.0 Å². The standard InChI is InChI=1S/C24H28N2O4/c1-3-4-10-22(17(2)27)24(30)26-20-13-11-18(12-14-20)15-21(28)16-23(29)25-19-8-6-5-7-9-19/h5-9,11-14,22H,3-4,10,15-16H2,1-2H3,(H,25,29)(H,26,30). The Labute approximate surface area is 177 Å². The molecule has 2 aromatic carbocycles. The molecule has 0 heterocycles. The molecule has 2 N–H and O–H groups in total. The smallest absolute Gasteiger partial charge is 0.234 e. The van der Waals surface area contributed by atoms with Crippen molar-refractivity contribution < 1.29 is 19.2 Å². The van der Waals surface area contributed by atoms with E-state index in [4.69, 9.17) is 0 Å². The van der Waals surface area contributed by atoms with Crippen LogP contribution in [0.3, 0.4) is 0 Å². The van der Waals surface area contributed by atoms with E-state index in [1.165, 1.54) is 6.92 Å². The van der Waals surface area contributed by atoms with Gasteiger partial charge in [0.25, 0.3) is 0 Å². The highest BCUT2D eigenvalue weighted by Gasteiger charge is 2.22. The van der Waals surface area contributed by atoms with Gasteiger partial charge in [0.2, 0.25) is 11.8 Å². The fourth-order valence-electron chi connectivity index (χ4n) is 3.06. The van der Waals surface area contributed by atoms with Gasteiger partial charge in [-0.2, -0.15) is 0 Å². The Kier molecular flexibility index (Phi) is 8.94. The molecule has 0 aliphatic carbocycles. The van der Waals surface area contributed by atoms with Gasteiger partial charge in [-0.3, -0.25) is 19.2 Å². The first-order valence-electron chi connectivity index (χ1n) is 10.2. The van der Waals surface area contributed by atoms with Crippen LogP contribution in [0.2, 0.25) is 0 Å². The molecular weight excluding hydrogens is 380 g/mol. The number of nitrogens with one attached hydrogen (secondary N) is 2. The average Bonchev–Trinajstić information content (AvgIpc) is 2.70. The molecule has 2 aromatic rings. The molecule has 0 saturated heterocycles. The third-order valence-corrected chi connectivity index (χ3v) is 4.69. The number of para-hydroxylation sites is 1. The van der Waals surface area contributed by atoms with E-state index >= 15 is 0 Å². The zero-order valence-corrected chi connectivity index (χ0v) is 17.4. The van der Waals surface area contributed by atoms with Crippen LogP contribution < -0.4 is 10.6 Å². The fourth-order valence-corrected chi connectivity index (χ4v) is 3.06. The first kappa shape index (κ1) is 23.0. The van der Waals surface area contributed by atoms with E-state index in [2.05, 4.69) is 10.6 Å². The van der Waals surface area contributed by atoms with Crippen molar-refractivity contribution in [3.8, 4) is 0 Å². The molecule has 0 fully saturated rings. The molecule has 30 heavy (non-hydrogen) atoms. The SMILES string of the molecule is CCCCC(C(C)=O)C(=O)Nc1ccc(CC(=O)CC(=O)Nc2ccccc2)cc1. The summed E-state index contributed by atoms with van der Waals surface area (Å²) in [5.41, 5.74) is 1.97. The minimum absolute atomic E-state index is 0.128. The van der Waals surface area contributed by atoms with Gasteiger partial charge >= 0.3 is 0 Å². The number of hydrogen-bond donors (Lipinski definition) is 2. The summed E-state index contributed by atoms with van der Waals surface area (Å²) in [4.78, 5) is 48.2. The zero-order chi connectivity index (χ0) is 21.9. The van der Waals surface area contributed by atoms with Gasteiger partial charge in [0.1, 0.15) is 11.6 Å². The van der Waals surface area contributed by atoms with Gasteiger partial charge in [0, 0.05) is 17.8 Å². The summed E-state index contributed by atoms with van der Waals surface area (Å²) in [6.45, 7) is 3.45. The van der Waals surface area contributed by atoms with Gasteiger partial charge in [-0.05, 0) is 43.2 Å². The molecule has 6 nitrogen and oxygen atoms in total. The molecule has 6 heteroatoms. The molecule has 2 amide bonds. The summed E-state index contributed by atoms with van der Waals surface area (Å²) < 4.78 is 0. The Morgan fingerprint density at radius 3 is 2.10 bits per heavy atom. The molecule has 1 atom stereocenters. The van der Waals surface area contributed by atoms with Crippen molar-refractivity contribution in [3.05, 3.63) is 60.2 Å². The number of amides is 2. The minimum Gasteiger partial charge on any atom is -0.326 e. The monoisotopic (exact) mass is 408 g/mol. The van der Waals surface area contributed by atoms with Gasteiger partial charge in [-0.15, -0.1) is 0 Å². The Morgan fingerprint density at radius 2 is 1.50 bits per heavy atom. The normalized spacial score (nSPS) is 11.4. The number of unbranched alkanes of at least 4 members (excludes halogenated alkanes) is 1. The lowest BCUT2D eigenvalue weighted by Gasteiger charge is -2.14. The highest BCUT2D eigenvalue weighted by atomic mass is 16.2. The van der Waals surface area contributed by atoms with Crippen LogP contribution in [0.5, 0.6) is 0 Å². The lowest BCUT2D eigenvalue weighted by atomic mass is 9.97. The molecular formula is C24H28N2O4. The van der Waals surface area contributed by atoms with E-state index in [-0.39, 0.29) is 36.2 Å². The van der Waals surface area contributed by atoms with Crippen LogP contribution in [0.1, 0.15) is 45.1 Å². The first-order chi connectivity index (χ1) is 14.4. The van der Waals surface area contributed by atoms with Crippen molar-refractivity contribution >= 4 is 34.8 Å². The predicted molar refractivity (Wildman–Crippen MR) is 117 cm³/mol. The molecule has 2 rings (SSSR count). The summed E-state index contributed by atoms with van der Waals surface area (Å²) in [5, 5.41) is 5.45. The van der Waals surface area contributed by atoms with Gasteiger partial charge in [-0.1, -0.05) is 50.1 Å². The van der Waals surface area contributed by atoms with E-state index < -0.39 is 5.92 Å². The quantitative estimate of drug-likeness (QED) is 0.546. The molecule has 0 aliphatic rings. The van der Waals surface area contributed by atoms with E-state index in [1.54, 1.807) is 48.5 Å². The number of hydrogen-bond acceptors (Lipinski definition) is 4. The second kappa shape index (κ2) is 11.7. The van der Waals surface area contributed by atoms with Crippen LogP contribution in [-0.4, -0.2) is 23.4 Å². The van der Waals surface area contributed by atoms with Crippen molar-refractivity contribution in [1.29, 1.82) is 0 Å².